The number of aryl methyl sites for hydroxylation is 1. The van der Waals surface area contributed by atoms with Gasteiger partial charge in [-0.1, -0.05) is 0 Å². The Hall–Kier alpha value is -1.44. The minimum atomic E-state index is -0.327. The molecule has 1 saturated heterocycles. The number of hydrogen-bond donors (Lipinski definition) is 0. The zero-order valence-corrected chi connectivity index (χ0v) is 14.0. The number of esters is 1. The molecule has 2 aromatic rings. The van der Waals surface area contributed by atoms with E-state index in [0.717, 1.165) is 29.9 Å². The van der Waals surface area contributed by atoms with E-state index in [2.05, 4.69) is 14.9 Å². The predicted molar refractivity (Wildman–Crippen MR) is 86.2 cm³/mol. The number of thiophene rings is 1. The summed E-state index contributed by atoms with van der Waals surface area (Å²) in [4.78, 5) is 24.1. The average molecular weight is 342 g/mol. The Kier molecular flexibility index (Phi) is 4.46. The molecule has 0 N–H and O–H groups in total. The molecular formula is C14H16ClN3O3S. The van der Waals surface area contributed by atoms with Crippen molar-refractivity contribution in [3.63, 3.8) is 0 Å². The maximum absolute atomic E-state index is 12.1. The van der Waals surface area contributed by atoms with Crippen LogP contribution in [-0.2, 0) is 9.47 Å². The van der Waals surface area contributed by atoms with E-state index in [0.29, 0.717) is 29.5 Å². The number of ether oxygens (including phenoxy) is 2. The first kappa shape index (κ1) is 15.5. The smallest absolute Gasteiger partial charge is 0.348 e. The number of carbonyl (C=O) groups is 1. The molecule has 0 aromatic carbocycles. The van der Waals surface area contributed by atoms with Gasteiger partial charge in [0, 0.05) is 13.1 Å². The Morgan fingerprint density at radius 2 is 2.14 bits per heavy atom. The molecule has 2 aromatic heterocycles. The first-order valence-electron chi connectivity index (χ1n) is 7.08. The Morgan fingerprint density at radius 3 is 2.82 bits per heavy atom. The third kappa shape index (κ3) is 2.76. The molecule has 6 nitrogen and oxygen atoms in total. The van der Waals surface area contributed by atoms with Gasteiger partial charge in [0.05, 0.1) is 25.2 Å². The molecule has 22 heavy (non-hydrogen) atoms. The lowest BCUT2D eigenvalue weighted by Gasteiger charge is -2.28. The van der Waals surface area contributed by atoms with Crippen LogP contribution in [0.3, 0.4) is 0 Å². The molecule has 0 spiro atoms. The first-order chi connectivity index (χ1) is 10.6. The van der Waals surface area contributed by atoms with Crippen molar-refractivity contribution in [1.82, 2.24) is 9.97 Å². The normalized spacial score (nSPS) is 15.3. The van der Waals surface area contributed by atoms with Gasteiger partial charge >= 0.3 is 5.97 Å². The lowest BCUT2D eigenvalue weighted by Crippen LogP contribution is -2.37. The van der Waals surface area contributed by atoms with E-state index in [-0.39, 0.29) is 11.3 Å². The lowest BCUT2D eigenvalue weighted by molar-refractivity contribution is 0.0531. The number of morpholine rings is 1. The van der Waals surface area contributed by atoms with Crippen LogP contribution in [0, 0.1) is 6.92 Å². The van der Waals surface area contributed by atoms with E-state index in [9.17, 15) is 4.79 Å². The van der Waals surface area contributed by atoms with Gasteiger partial charge in [-0.05, 0) is 31.0 Å². The van der Waals surface area contributed by atoms with Crippen molar-refractivity contribution in [3.05, 3.63) is 15.7 Å². The number of halogens is 1. The topological polar surface area (TPSA) is 64.5 Å². The summed E-state index contributed by atoms with van der Waals surface area (Å²) < 4.78 is 10.5. The Bertz CT molecular complexity index is 713. The highest BCUT2D eigenvalue weighted by molar-refractivity contribution is 7.20. The fraction of sp³-hybridized carbons (Fsp3) is 0.500. The highest BCUT2D eigenvalue weighted by atomic mass is 35.5. The van der Waals surface area contributed by atoms with E-state index >= 15 is 0 Å². The Balaban J connectivity index is 2.13. The van der Waals surface area contributed by atoms with Crippen molar-refractivity contribution in [2.24, 2.45) is 0 Å². The largest absolute Gasteiger partial charge is 0.462 e. The molecule has 1 aliphatic rings. The maximum atomic E-state index is 12.1. The quantitative estimate of drug-likeness (QED) is 0.631. The minimum absolute atomic E-state index is 0.186. The SMILES string of the molecule is CCOC(=O)c1sc2nc(Cl)nc(N3CCOCC3)c2c1C. The molecule has 3 heterocycles. The second-order valence-electron chi connectivity index (χ2n) is 4.87. The van der Waals surface area contributed by atoms with E-state index in [1.807, 2.05) is 6.92 Å². The number of fused-ring (bicyclic) bond motifs is 1. The summed E-state index contributed by atoms with van der Waals surface area (Å²) in [6.07, 6.45) is 0. The Labute approximate surface area is 137 Å². The maximum Gasteiger partial charge on any atom is 0.348 e. The molecule has 118 valence electrons. The van der Waals surface area contributed by atoms with Crippen LogP contribution in [0.25, 0.3) is 10.2 Å². The standard InChI is InChI=1S/C14H16ClN3O3S/c1-3-21-13(19)10-8(2)9-11(18-4-6-20-7-5-18)16-14(15)17-12(9)22-10/h3-7H2,1-2H3. The first-order valence-corrected chi connectivity index (χ1v) is 8.27. The van der Waals surface area contributed by atoms with Crippen molar-refractivity contribution in [2.45, 2.75) is 13.8 Å². The average Bonchev–Trinajstić information content (AvgIpc) is 2.84. The second-order valence-corrected chi connectivity index (χ2v) is 6.21. The Morgan fingerprint density at radius 1 is 1.41 bits per heavy atom. The molecule has 0 amide bonds. The molecule has 8 heteroatoms. The highest BCUT2D eigenvalue weighted by Gasteiger charge is 2.24. The van der Waals surface area contributed by atoms with Gasteiger partial charge in [0.2, 0.25) is 5.28 Å². The molecule has 0 bridgehead atoms. The van der Waals surface area contributed by atoms with Gasteiger partial charge < -0.3 is 14.4 Å². The van der Waals surface area contributed by atoms with Gasteiger partial charge in [-0.2, -0.15) is 4.98 Å². The van der Waals surface area contributed by atoms with Crippen LogP contribution >= 0.6 is 22.9 Å². The highest BCUT2D eigenvalue weighted by Crippen LogP contribution is 2.36. The van der Waals surface area contributed by atoms with Crippen LogP contribution in [0.1, 0.15) is 22.2 Å². The number of nitrogens with zero attached hydrogens (tertiary/aromatic N) is 3. The van der Waals surface area contributed by atoms with E-state index in [4.69, 9.17) is 21.1 Å². The fourth-order valence-electron chi connectivity index (χ4n) is 2.49. The van der Waals surface area contributed by atoms with Gasteiger partial charge in [-0.15, -0.1) is 11.3 Å². The molecule has 0 saturated carbocycles. The van der Waals surface area contributed by atoms with Crippen molar-refractivity contribution >= 4 is 44.9 Å². The molecule has 0 unspecified atom stereocenters. The molecular weight excluding hydrogens is 326 g/mol. The van der Waals surface area contributed by atoms with E-state index < -0.39 is 0 Å². The minimum Gasteiger partial charge on any atom is -0.462 e. The molecule has 1 fully saturated rings. The van der Waals surface area contributed by atoms with Crippen molar-refractivity contribution in [1.29, 1.82) is 0 Å². The summed E-state index contributed by atoms with van der Waals surface area (Å²) in [6.45, 7) is 6.81. The van der Waals surface area contributed by atoms with Crippen LogP contribution in [-0.4, -0.2) is 48.8 Å². The van der Waals surface area contributed by atoms with Crippen molar-refractivity contribution in [3.8, 4) is 0 Å². The number of anilines is 1. The zero-order chi connectivity index (χ0) is 15.7. The van der Waals surface area contributed by atoms with Gasteiger partial charge in [0.15, 0.2) is 0 Å². The molecule has 1 aliphatic heterocycles. The van der Waals surface area contributed by atoms with E-state index in [1.165, 1.54) is 11.3 Å². The monoisotopic (exact) mass is 341 g/mol. The number of aromatic nitrogens is 2. The van der Waals surface area contributed by atoms with Crippen LogP contribution in [0.15, 0.2) is 0 Å². The fourth-order valence-corrected chi connectivity index (χ4v) is 3.77. The van der Waals surface area contributed by atoms with Crippen LogP contribution in [0.4, 0.5) is 5.82 Å². The molecule has 0 radical (unpaired) electrons. The third-order valence-corrected chi connectivity index (χ3v) is 4.85. The number of hydrogen-bond acceptors (Lipinski definition) is 7. The molecule has 0 atom stereocenters. The van der Waals surface area contributed by atoms with Gasteiger partial charge in [-0.25, -0.2) is 9.78 Å². The molecule has 0 aliphatic carbocycles. The third-order valence-electron chi connectivity index (χ3n) is 3.52. The van der Waals surface area contributed by atoms with Crippen LogP contribution in [0.2, 0.25) is 5.28 Å². The van der Waals surface area contributed by atoms with Gasteiger partial charge in [0.1, 0.15) is 15.5 Å². The van der Waals surface area contributed by atoms with Crippen molar-refractivity contribution < 1.29 is 14.3 Å². The second kappa shape index (κ2) is 6.36. The van der Waals surface area contributed by atoms with Crippen LogP contribution in [0.5, 0.6) is 0 Å². The summed E-state index contributed by atoms with van der Waals surface area (Å²) in [5.41, 5.74) is 0.844. The number of carbonyl (C=O) groups excluding carboxylic acids is 1. The summed E-state index contributed by atoms with van der Waals surface area (Å²) in [5.74, 6) is 0.439. The van der Waals surface area contributed by atoms with Gasteiger partial charge in [0.25, 0.3) is 0 Å². The van der Waals surface area contributed by atoms with E-state index in [1.54, 1.807) is 6.92 Å². The summed E-state index contributed by atoms with van der Waals surface area (Å²) in [7, 11) is 0. The summed E-state index contributed by atoms with van der Waals surface area (Å²) in [5, 5.41) is 1.06. The zero-order valence-electron chi connectivity index (χ0n) is 12.4. The number of rotatable bonds is 3. The summed E-state index contributed by atoms with van der Waals surface area (Å²) in [6, 6.07) is 0. The molecule has 3 rings (SSSR count). The lowest BCUT2D eigenvalue weighted by atomic mass is 10.2. The van der Waals surface area contributed by atoms with Crippen LogP contribution < -0.4 is 4.90 Å². The predicted octanol–water partition coefficient (Wildman–Crippen LogP) is 2.67. The summed E-state index contributed by atoms with van der Waals surface area (Å²) >= 11 is 7.35. The van der Waals surface area contributed by atoms with Crippen molar-refractivity contribution in [2.75, 3.05) is 37.8 Å². The van der Waals surface area contributed by atoms with Gasteiger partial charge in [-0.3, -0.25) is 0 Å².